The van der Waals surface area contributed by atoms with Gasteiger partial charge in [0.25, 0.3) is 5.91 Å². The van der Waals surface area contributed by atoms with E-state index in [4.69, 9.17) is 9.47 Å². The zero-order valence-corrected chi connectivity index (χ0v) is 13.1. The van der Waals surface area contributed by atoms with E-state index >= 15 is 0 Å². The number of methoxy groups -OCH3 is 2. The minimum absolute atomic E-state index is 0.109. The Morgan fingerprint density at radius 2 is 1.90 bits per heavy atom. The molecule has 0 aromatic carbocycles. The molecule has 1 saturated heterocycles. The molecule has 0 atom stereocenters. The number of likely N-dealkylation sites (tertiary alicyclic amines) is 1. The predicted octanol–water partition coefficient (Wildman–Crippen LogP) is 0.444. The molecule has 1 amide bonds. The van der Waals surface area contributed by atoms with E-state index in [-0.39, 0.29) is 5.91 Å². The highest BCUT2D eigenvalue weighted by Gasteiger charge is 2.35. The zero-order chi connectivity index (χ0) is 15.2. The van der Waals surface area contributed by atoms with Gasteiger partial charge in [-0.25, -0.2) is 0 Å². The van der Waals surface area contributed by atoms with Crippen molar-refractivity contribution in [3.63, 3.8) is 0 Å². The van der Waals surface area contributed by atoms with Crippen LogP contribution in [0.1, 0.15) is 10.5 Å². The average Bonchev–Trinajstić information content (AvgIpc) is 2.85. The van der Waals surface area contributed by atoms with E-state index in [0.717, 1.165) is 31.9 Å². The number of amides is 1. The SMILES string of the molecule is COCCN(CCOC)C1CN(C(=O)c2cccn2C)C1. The van der Waals surface area contributed by atoms with Gasteiger partial charge in [0.15, 0.2) is 0 Å². The van der Waals surface area contributed by atoms with Crippen LogP contribution in [-0.4, -0.2) is 79.9 Å². The highest BCUT2D eigenvalue weighted by Crippen LogP contribution is 2.18. The van der Waals surface area contributed by atoms with Crippen LogP contribution in [0, 0.1) is 0 Å². The third-order valence-corrected chi connectivity index (χ3v) is 3.99. The lowest BCUT2D eigenvalue weighted by atomic mass is 10.1. The van der Waals surface area contributed by atoms with Crippen molar-refractivity contribution in [2.24, 2.45) is 7.05 Å². The average molecular weight is 295 g/mol. The summed E-state index contributed by atoms with van der Waals surface area (Å²) >= 11 is 0. The minimum atomic E-state index is 0.109. The van der Waals surface area contributed by atoms with E-state index in [2.05, 4.69) is 4.90 Å². The van der Waals surface area contributed by atoms with E-state index in [1.54, 1.807) is 14.2 Å². The summed E-state index contributed by atoms with van der Waals surface area (Å²) in [6.45, 7) is 4.69. The lowest BCUT2D eigenvalue weighted by Gasteiger charge is -2.45. The number of hydrogen-bond acceptors (Lipinski definition) is 4. The quantitative estimate of drug-likeness (QED) is 0.698. The highest BCUT2D eigenvalue weighted by atomic mass is 16.5. The van der Waals surface area contributed by atoms with Gasteiger partial charge in [-0.1, -0.05) is 0 Å². The van der Waals surface area contributed by atoms with Gasteiger partial charge in [0.2, 0.25) is 0 Å². The van der Waals surface area contributed by atoms with Crippen molar-refractivity contribution in [1.82, 2.24) is 14.4 Å². The third-order valence-electron chi connectivity index (χ3n) is 3.99. The van der Waals surface area contributed by atoms with Crippen molar-refractivity contribution in [2.45, 2.75) is 6.04 Å². The second-order valence-corrected chi connectivity index (χ2v) is 5.39. The molecule has 0 saturated carbocycles. The Bertz CT molecular complexity index is 447. The number of aromatic nitrogens is 1. The first-order chi connectivity index (χ1) is 10.2. The molecule has 118 valence electrons. The number of rotatable bonds is 8. The molecule has 0 aliphatic carbocycles. The molecule has 2 heterocycles. The van der Waals surface area contributed by atoms with Crippen molar-refractivity contribution in [3.05, 3.63) is 24.0 Å². The lowest BCUT2D eigenvalue weighted by molar-refractivity contribution is 0.00886. The summed E-state index contributed by atoms with van der Waals surface area (Å²) in [5, 5.41) is 0. The van der Waals surface area contributed by atoms with Gasteiger partial charge in [0.1, 0.15) is 5.69 Å². The van der Waals surface area contributed by atoms with Crippen LogP contribution < -0.4 is 0 Å². The fourth-order valence-corrected chi connectivity index (χ4v) is 2.59. The molecule has 1 aliphatic rings. The largest absolute Gasteiger partial charge is 0.383 e. The molecule has 6 nitrogen and oxygen atoms in total. The van der Waals surface area contributed by atoms with Gasteiger partial charge in [0.05, 0.1) is 13.2 Å². The van der Waals surface area contributed by atoms with Crippen LogP contribution in [0.2, 0.25) is 0 Å². The Kier molecular flexibility index (Phi) is 5.78. The Hall–Kier alpha value is -1.37. The van der Waals surface area contributed by atoms with Gasteiger partial charge >= 0.3 is 0 Å². The van der Waals surface area contributed by atoms with Crippen LogP contribution in [0.25, 0.3) is 0 Å². The molecule has 1 aromatic heterocycles. The molecule has 1 aliphatic heterocycles. The van der Waals surface area contributed by atoms with Gasteiger partial charge in [-0.15, -0.1) is 0 Å². The number of ether oxygens (including phenoxy) is 2. The van der Waals surface area contributed by atoms with Crippen molar-refractivity contribution in [1.29, 1.82) is 0 Å². The molecule has 0 spiro atoms. The molecule has 1 aromatic rings. The number of nitrogens with zero attached hydrogens (tertiary/aromatic N) is 3. The van der Waals surface area contributed by atoms with Crippen molar-refractivity contribution >= 4 is 5.91 Å². The third kappa shape index (κ3) is 3.84. The summed E-state index contributed by atoms with van der Waals surface area (Å²) in [6.07, 6.45) is 1.90. The fraction of sp³-hybridized carbons (Fsp3) is 0.667. The summed E-state index contributed by atoms with van der Waals surface area (Å²) in [7, 11) is 5.31. The summed E-state index contributed by atoms with van der Waals surface area (Å²) in [5.41, 5.74) is 0.744. The monoisotopic (exact) mass is 295 g/mol. The maximum Gasteiger partial charge on any atom is 0.270 e. The molecule has 6 heteroatoms. The molecule has 2 rings (SSSR count). The minimum Gasteiger partial charge on any atom is -0.383 e. The Morgan fingerprint density at radius 3 is 2.38 bits per heavy atom. The molecule has 21 heavy (non-hydrogen) atoms. The van der Waals surface area contributed by atoms with E-state index in [9.17, 15) is 4.79 Å². The summed E-state index contributed by atoms with van der Waals surface area (Å²) < 4.78 is 12.2. The molecule has 0 N–H and O–H groups in total. The fourth-order valence-electron chi connectivity index (χ4n) is 2.59. The smallest absolute Gasteiger partial charge is 0.270 e. The molecule has 1 fully saturated rings. The number of carbonyl (C=O) groups excluding carboxylic acids is 1. The Balaban J connectivity index is 1.85. The van der Waals surface area contributed by atoms with Crippen molar-refractivity contribution < 1.29 is 14.3 Å². The van der Waals surface area contributed by atoms with Crippen LogP contribution in [0.4, 0.5) is 0 Å². The molecule has 0 bridgehead atoms. The lowest BCUT2D eigenvalue weighted by Crippen LogP contribution is -2.62. The second kappa shape index (κ2) is 7.59. The molecule has 0 unspecified atom stereocenters. The topological polar surface area (TPSA) is 46.9 Å². The Labute approximate surface area is 126 Å². The molecular formula is C15H25N3O3. The molecular weight excluding hydrogens is 270 g/mol. The van der Waals surface area contributed by atoms with E-state index in [1.165, 1.54) is 0 Å². The number of hydrogen-bond donors (Lipinski definition) is 0. The summed E-state index contributed by atoms with van der Waals surface area (Å²) in [4.78, 5) is 16.6. The van der Waals surface area contributed by atoms with Crippen molar-refractivity contribution in [2.75, 3.05) is 53.6 Å². The maximum atomic E-state index is 12.3. The summed E-state index contributed by atoms with van der Waals surface area (Å²) in [5.74, 6) is 0.109. The maximum absolute atomic E-state index is 12.3. The van der Waals surface area contributed by atoms with Gasteiger partial charge in [0, 0.05) is 59.7 Å². The normalized spacial score (nSPS) is 15.5. The summed E-state index contributed by atoms with van der Waals surface area (Å²) in [6, 6.07) is 4.16. The van der Waals surface area contributed by atoms with Crippen LogP contribution in [0.15, 0.2) is 18.3 Å². The predicted molar refractivity (Wildman–Crippen MR) is 80.4 cm³/mol. The van der Waals surface area contributed by atoms with Gasteiger partial charge < -0.3 is 18.9 Å². The number of carbonyl (C=O) groups is 1. The van der Waals surface area contributed by atoms with Crippen molar-refractivity contribution in [3.8, 4) is 0 Å². The Morgan fingerprint density at radius 1 is 1.29 bits per heavy atom. The van der Waals surface area contributed by atoms with Crippen LogP contribution >= 0.6 is 0 Å². The first-order valence-corrected chi connectivity index (χ1v) is 7.30. The van der Waals surface area contributed by atoms with Crippen LogP contribution in [-0.2, 0) is 16.5 Å². The number of aryl methyl sites for hydroxylation is 1. The van der Waals surface area contributed by atoms with E-state index in [0.29, 0.717) is 19.3 Å². The second-order valence-electron chi connectivity index (χ2n) is 5.39. The van der Waals surface area contributed by atoms with Gasteiger partial charge in [-0.05, 0) is 12.1 Å². The first kappa shape index (κ1) is 16.0. The van der Waals surface area contributed by atoms with Crippen LogP contribution in [0.5, 0.6) is 0 Å². The first-order valence-electron chi connectivity index (χ1n) is 7.30. The highest BCUT2D eigenvalue weighted by molar-refractivity contribution is 5.93. The van der Waals surface area contributed by atoms with E-state index in [1.807, 2.05) is 34.8 Å². The van der Waals surface area contributed by atoms with E-state index < -0.39 is 0 Å². The zero-order valence-electron chi connectivity index (χ0n) is 13.1. The van der Waals surface area contributed by atoms with Gasteiger partial charge in [-0.3, -0.25) is 9.69 Å². The van der Waals surface area contributed by atoms with Crippen LogP contribution in [0.3, 0.4) is 0 Å². The molecule has 0 radical (unpaired) electrons. The standard InChI is InChI=1S/C15H25N3O3/c1-16-6-4-5-14(16)15(19)18-11-13(12-18)17(7-9-20-2)8-10-21-3/h4-6,13H,7-12H2,1-3H3. The van der Waals surface area contributed by atoms with Gasteiger partial charge in [-0.2, -0.15) is 0 Å².